The van der Waals surface area contributed by atoms with Gasteiger partial charge in [-0.15, -0.1) is 24.0 Å². The van der Waals surface area contributed by atoms with Gasteiger partial charge in [0.25, 0.3) is 0 Å². The molecule has 2 fully saturated rings. The highest BCUT2D eigenvalue weighted by molar-refractivity contribution is 14.0. The second-order valence-electron chi connectivity index (χ2n) is 8.49. The van der Waals surface area contributed by atoms with Crippen LogP contribution in [0.1, 0.15) is 45.6 Å². The fraction of sp³-hybridized carbons (Fsp3) is 0.619. The highest BCUT2D eigenvalue weighted by Gasteiger charge is 2.40. The van der Waals surface area contributed by atoms with E-state index in [1.807, 2.05) is 36.1 Å². The van der Waals surface area contributed by atoms with Gasteiger partial charge in [-0.2, -0.15) is 0 Å². The summed E-state index contributed by atoms with van der Waals surface area (Å²) < 4.78 is 23.8. The number of sulfone groups is 1. The van der Waals surface area contributed by atoms with Crippen LogP contribution in [0.15, 0.2) is 29.3 Å². The Kier molecular flexibility index (Phi) is 8.55. The molecule has 0 radical (unpaired) electrons. The van der Waals surface area contributed by atoms with Crippen molar-refractivity contribution < 1.29 is 13.2 Å². The number of aliphatic imine (C=N–C) groups is 1. The van der Waals surface area contributed by atoms with E-state index < -0.39 is 14.6 Å². The van der Waals surface area contributed by atoms with Gasteiger partial charge in [0, 0.05) is 31.2 Å². The second-order valence-corrected chi connectivity index (χ2v) is 11.2. The molecule has 1 heterocycles. The molecule has 1 saturated heterocycles. The van der Waals surface area contributed by atoms with Gasteiger partial charge in [-0.3, -0.25) is 4.79 Å². The maximum absolute atomic E-state index is 12.3. The van der Waals surface area contributed by atoms with E-state index in [1.165, 1.54) is 0 Å². The SMILES string of the molecule is CCNC(=NCc1cccc(NC(=O)C2CCC2)c1)N1CCS(=O)(=O)C(C)(C)C1.I. The van der Waals surface area contributed by atoms with E-state index >= 15 is 0 Å². The summed E-state index contributed by atoms with van der Waals surface area (Å²) >= 11 is 0. The Hall–Kier alpha value is -1.36. The zero-order valence-corrected chi connectivity index (χ0v) is 21.1. The van der Waals surface area contributed by atoms with Crippen molar-refractivity contribution in [1.82, 2.24) is 10.2 Å². The number of guanidine groups is 1. The molecule has 0 spiro atoms. The molecule has 168 valence electrons. The van der Waals surface area contributed by atoms with Crippen molar-refractivity contribution in [3.05, 3.63) is 29.8 Å². The minimum atomic E-state index is -3.10. The van der Waals surface area contributed by atoms with Gasteiger partial charge >= 0.3 is 0 Å². The molecule has 1 aromatic carbocycles. The number of anilines is 1. The standard InChI is InChI=1S/C21H32N4O3S.HI/c1-4-22-20(25-11-12-29(27,28)21(2,3)15-25)23-14-16-7-5-10-18(13-16)24-19(26)17-8-6-9-17;/h5,7,10,13,17H,4,6,8-9,11-12,14-15H2,1-3H3,(H,22,23)(H,24,26);1H. The van der Waals surface area contributed by atoms with Crippen LogP contribution in [0.2, 0.25) is 0 Å². The minimum Gasteiger partial charge on any atom is -0.357 e. The highest BCUT2D eigenvalue weighted by Crippen LogP contribution is 2.28. The van der Waals surface area contributed by atoms with Crippen LogP contribution in [0.3, 0.4) is 0 Å². The largest absolute Gasteiger partial charge is 0.357 e. The first-order valence-electron chi connectivity index (χ1n) is 10.4. The summed E-state index contributed by atoms with van der Waals surface area (Å²) in [6.07, 6.45) is 3.09. The van der Waals surface area contributed by atoms with E-state index in [-0.39, 0.29) is 41.6 Å². The van der Waals surface area contributed by atoms with Crippen LogP contribution < -0.4 is 10.6 Å². The summed E-state index contributed by atoms with van der Waals surface area (Å²) in [5, 5.41) is 6.28. The molecule has 1 amide bonds. The van der Waals surface area contributed by atoms with Crippen molar-refractivity contribution in [1.29, 1.82) is 0 Å². The summed E-state index contributed by atoms with van der Waals surface area (Å²) in [6.45, 7) is 7.56. The molecule has 1 aliphatic carbocycles. The van der Waals surface area contributed by atoms with Crippen LogP contribution in [-0.4, -0.2) is 55.3 Å². The Labute approximate surface area is 197 Å². The van der Waals surface area contributed by atoms with Crippen LogP contribution in [0.25, 0.3) is 0 Å². The molecule has 2 N–H and O–H groups in total. The number of hydrogen-bond acceptors (Lipinski definition) is 4. The summed E-state index contributed by atoms with van der Waals surface area (Å²) in [4.78, 5) is 18.9. The normalized spacial score (nSPS) is 20.6. The maximum atomic E-state index is 12.3. The summed E-state index contributed by atoms with van der Waals surface area (Å²) in [7, 11) is -3.10. The number of rotatable bonds is 5. The molecule has 1 aliphatic heterocycles. The fourth-order valence-corrected chi connectivity index (χ4v) is 4.94. The van der Waals surface area contributed by atoms with Crippen molar-refractivity contribution >= 4 is 51.4 Å². The van der Waals surface area contributed by atoms with Gasteiger partial charge in [-0.1, -0.05) is 18.6 Å². The van der Waals surface area contributed by atoms with E-state index in [1.54, 1.807) is 13.8 Å². The lowest BCUT2D eigenvalue weighted by Gasteiger charge is -2.39. The molecule has 3 rings (SSSR count). The lowest BCUT2D eigenvalue weighted by molar-refractivity contribution is -0.122. The quantitative estimate of drug-likeness (QED) is 0.336. The first kappa shape index (κ1) is 24.9. The average molecular weight is 548 g/mol. The Balaban J connectivity index is 0.00000320. The predicted molar refractivity (Wildman–Crippen MR) is 132 cm³/mol. The molecule has 0 unspecified atom stereocenters. The third-order valence-corrected chi connectivity index (χ3v) is 8.29. The van der Waals surface area contributed by atoms with Gasteiger partial charge in [0.1, 0.15) is 0 Å². The van der Waals surface area contributed by atoms with Gasteiger partial charge in [-0.25, -0.2) is 13.4 Å². The smallest absolute Gasteiger partial charge is 0.227 e. The minimum absolute atomic E-state index is 0. The van der Waals surface area contributed by atoms with Crippen molar-refractivity contribution in [3.8, 4) is 0 Å². The Morgan fingerprint density at radius 2 is 2.03 bits per heavy atom. The molecule has 0 bridgehead atoms. The zero-order chi connectivity index (χ0) is 21.1. The zero-order valence-electron chi connectivity index (χ0n) is 18.0. The molecule has 9 heteroatoms. The molecule has 0 atom stereocenters. The molecule has 1 saturated carbocycles. The number of benzene rings is 1. The molecule has 30 heavy (non-hydrogen) atoms. The van der Waals surface area contributed by atoms with E-state index in [0.29, 0.717) is 26.2 Å². The Morgan fingerprint density at radius 3 is 2.63 bits per heavy atom. The molecule has 2 aliphatic rings. The molecule has 1 aromatic rings. The molecular weight excluding hydrogens is 515 g/mol. The first-order chi connectivity index (χ1) is 13.7. The van der Waals surface area contributed by atoms with Gasteiger partial charge in [0.05, 0.1) is 17.0 Å². The predicted octanol–water partition coefficient (Wildman–Crippen LogP) is 3.02. The van der Waals surface area contributed by atoms with Gasteiger partial charge in [-0.05, 0) is 51.3 Å². The van der Waals surface area contributed by atoms with Crippen LogP contribution >= 0.6 is 24.0 Å². The van der Waals surface area contributed by atoms with Crippen molar-refractivity contribution in [2.75, 3.05) is 30.7 Å². The van der Waals surface area contributed by atoms with Crippen LogP contribution in [0.4, 0.5) is 5.69 Å². The summed E-state index contributed by atoms with van der Waals surface area (Å²) in [5.74, 6) is 1.10. The Morgan fingerprint density at radius 1 is 1.30 bits per heavy atom. The lowest BCUT2D eigenvalue weighted by atomic mass is 9.85. The lowest BCUT2D eigenvalue weighted by Crippen LogP contribution is -2.57. The van der Waals surface area contributed by atoms with Gasteiger partial charge in [0.2, 0.25) is 5.91 Å². The number of amides is 1. The second kappa shape index (κ2) is 10.3. The third-order valence-electron chi connectivity index (χ3n) is 5.76. The van der Waals surface area contributed by atoms with Crippen LogP contribution in [0.5, 0.6) is 0 Å². The topological polar surface area (TPSA) is 90.9 Å². The number of carbonyl (C=O) groups is 1. The molecule has 0 aromatic heterocycles. The van der Waals surface area contributed by atoms with Crippen LogP contribution in [0, 0.1) is 5.92 Å². The third kappa shape index (κ3) is 5.87. The number of nitrogens with zero attached hydrogens (tertiary/aromatic N) is 2. The molecular formula is C21H33IN4O3S. The van der Waals surface area contributed by atoms with Gasteiger partial charge in [0.15, 0.2) is 15.8 Å². The van der Waals surface area contributed by atoms with E-state index in [0.717, 1.165) is 36.5 Å². The van der Waals surface area contributed by atoms with E-state index in [2.05, 4.69) is 10.6 Å². The highest BCUT2D eigenvalue weighted by atomic mass is 127. The summed E-state index contributed by atoms with van der Waals surface area (Å²) in [5.41, 5.74) is 1.79. The monoisotopic (exact) mass is 548 g/mol. The van der Waals surface area contributed by atoms with Gasteiger partial charge < -0.3 is 15.5 Å². The molecule has 7 nitrogen and oxygen atoms in total. The van der Waals surface area contributed by atoms with E-state index in [4.69, 9.17) is 4.99 Å². The number of carbonyl (C=O) groups excluding carboxylic acids is 1. The van der Waals surface area contributed by atoms with Crippen molar-refractivity contribution in [2.45, 2.75) is 51.3 Å². The Bertz CT molecular complexity index is 882. The summed E-state index contributed by atoms with van der Waals surface area (Å²) in [6, 6.07) is 7.75. The first-order valence-corrected chi connectivity index (χ1v) is 12.0. The van der Waals surface area contributed by atoms with Crippen LogP contribution in [-0.2, 0) is 21.2 Å². The fourth-order valence-electron chi connectivity index (χ4n) is 3.58. The average Bonchev–Trinajstić information content (AvgIpc) is 2.60. The van der Waals surface area contributed by atoms with E-state index in [9.17, 15) is 13.2 Å². The number of nitrogens with one attached hydrogen (secondary N) is 2. The van der Waals surface area contributed by atoms with Crippen molar-refractivity contribution in [2.24, 2.45) is 10.9 Å². The number of halogens is 1. The number of hydrogen-bond donors (Lipinski definition) is 2. The maximum Gasteiger partial charge on any atom is 0.227 e. The van der Waals surface area contributed by atoms with Crippen molar-refractivity contribution in [3.63, 3.8) is 0 Å².